The van der Waals surface area contributed by atoms with Gasteiger partial charge in [-0.2, -0.15) is 21.0 Å². The summed E-state index contributed by atoms with van der Waals surface area (Å²) in [4.78, 5) is 13.5. The van der Waals surface area contributed by atoms with Crippen molar-refractivity contribution in [1.29, 1.82) is 21.0 Å². The van der Waals surface area contributed by atoms with Crippen LogP contribution in [0.15, 0.2) is 11.6 Å². The SMILES string of the molecule is C[C@]12CC[C@@H]3[C@H](CC=C4C[C@H](O)CC[C@@]43C)[C@@H]1CC[C@@H]2C(=O)CC(C#N)(C#N)C(C#N)C#N. The number of aliphatic hydroxyl groups excluding tert-OH is 1. The van der Waals surface area contributed by atoms with Gasteiger partial charge in [-0.1, -0.05) is 25.5 Å². The average molecular weight is 445 g/mol. The van der Waals surface area contributed by atoms with Crippen LogP contribution in [0.25, 0.3) is 0 Å². The molecule has 0 saturated heterocycles. The molecule has 0 bridgehead atoms. The van der Waals surface area contributed by atoms with E-state index in [-0.39, 0.29) is 35.1 Å². The van der Waals surface area contributed by atoms with E-state index in [1.54, 1.807) is 12.1 Å². The normalized spacial score (nSPS) is 39.5. The molecular weight excluding hydrogens is 412 g/mol. The van der Waals surface area contributed by atoms with Gasteiger partial charge in [0.15, 0.2) is 11.3 Å². The fraction of sp³-hybridized carbons (Fsp3) is 0.741. The average Bonchev–Trinajstić information content (AvgIpc) is 3.16. The summed E-state index contributed by atoms with van der Waals surface area (Å²) in [5.74, 6) is -0.345. The molecule has 0 spiro atoms. The number of ketones is 1. The van der Waals surface area contributed by atoms with Crippen LogP contribution in [0.1, 0.15) is 71.6 Å². The third-order valence-electron chi connectivity index (χ3n) is 10.1. The number of hydrogen-bond acceptors (Lipinski definition) is 6. The molecule has 4 rings (SSSR count). The van der Waals surface area contributed by atoms with Crippen molar-refractivity contribution >= 4 is 5.78 Å². The molecule has 3 fully saturated rings. The van der Waals surface area contributed by atoms with E-state index in [0.29, 0.717) is 17.8 Å². The lowest BCUT2D eigenvalue weighted by Gasteiger charge is -2.58. The minimum atomic E-state index is -1.91. The van der Waals surface area contributed by atoms with Crippen LogP contribution in [0, 0.1) is 91.2 Å². The number of nitriles is 4. The lowest BCUT2D eigenvalue weighted by molar-refractivity contribution is -0.131. The Labute approximate surface area is 196 Å². The van der Waals surface area contributed by atoms with Gasteiger partial charge in [-0.25, -0.2) is 0 Å². The summed E-state index contributed by atoms with van der Waals surface area (Å²) >= 11 is 0. The first-order valence-electron chi connectivity index (χ1n) is 12.2. The molecule has 7 atom stereocenters. The molecular formula is C27H32N4O2. The van der Waals surface area contributed by atoms with Gasteiger partial charge in [0.1, 0.15) is 5.78 Å². The van der Waals surface area contributed by atoms with Crippen LogP contribution in [0.3, 0.4) is 0 Å². The van der Waals surface area contributed by atoms with Gasteiger partial charge in [-0.3, -0.25) is 4.79 Å². The Morgan fingerprint density at radius 1 is 1.09 bits per heavy atom. The highest BCUT2D eigenvalue weighted by Crippen LogP contribution is 2.66. The number of Topliss-reactive ketones (excluding diaryl/α,β-unsaturated/α-hetero) is 1. The molecule has 4 aliphatic carbocycles. The van der Waals surface area contributed by atoms with Crippen molar-refractivity contribution in [2.75, 3.05) is 0 Å². The van der Waals surface area contributed by atoms with E-state index in [2.05, 4.69) is 19.9 Å². The highest BCUT2D eigenvalue weighted by Gasteiger charge is 2.60. The first-order chi connectivity index (χ1) is 15.7. The maximum absolute atomic E-state index is 13.5. The number of allylic oxidation sites excluding steroid dienone is 1. The summed E-state index contributed by atoms with van der Waals surface area (Å²) in [6.45, 7) is 4.59. The molecule has 0 amide bonds. The molecule has 4 aliphatic rings. The predicted octanol–water partition coefficient (Wildman–Crippen LogP) is 4.58. The van der Waals surface area contributed by atoms with Crippen molar-refractivity contribution < 1.29 is 9.90 Å². The monoisotopic (exact) mass is 444 g/mol. The Bertz CT molecular complexity index is 1010. The van der Waals surface area contributed by atoms with Crippen LogP contribution in [0.4, 0.5) is 0 Å². The molecule has 0 radical (unpaired) electrons. The van der Waals surface area contributed by atoms with Gasteiger partial charge in [0.05, 0.1) is 30.4 Å². The summed E-state index contributed by atoms with van der Waals surface area (Å²) in [5.41, 5.74) is -0.538. The zero-order chi connectivity index (χ0) is 24.0. The molecule has 3 saturated carbocycles. The third kappa shape index (κ3) is 3.39. The molecule has 6 nitrogen and oxygen atoms in total. The quantitative estimate of drug-likeness (QED) is 0.631. The van der Waals surface area contributed by atoms with Crippen LogP contribution in [0.5, 0.6) is 0 Å². The van der Waals surface area contributed by atoms with Gasteiger partial charge in [0, 0.05) is 12.3 Å². The van der Waals surface area contributed by atoms with Crippen LogP contribution >= 0.6 is 0 Å². The number of aliphatic hydroxyl groups is 1. The number of rotatable bonds is 4. The first-order valence-corrected chi connectivity index (χ1v) is 12.2. The largest absolute Gasteiger partial charge is 0.393 e. The van der Waals surface area contributed by atoms with Crippen molar-refractivity contribution in [3.63, 3.8) is 0 Å². The minimum absolute atomic E-state index is 0.134. The first kappa shape index (κ1) is 23.5. The topological polar surface area (TPSA) is 132 Å². The number of carbonyl (C=O) groups is 1. The number of carbonyl (C=O) groups excluding carboxylic acids is 1. The summed E-state index contributed by atoms with van der Waals surface area (Å²) in [6, 6.07) is 7.16. The zero-order valence-electron chi connectivity index (χ0n) is 19.5. The van der Waals surface area contributed by atoms with Crippen molar-refractivity contribution in [2.24, 2.45) is 45.8 Å². The van der Waals surface area contributed by atoms with Crippen LogP contribution in [0.2, 0.25) is 0 Å². The molecule has 0 unspecified atom stereocenters. The molecule has 0 aliphatic heterocycles. The van der Waals surface area contributed by atoms with Gasteiger partial charge < -0.3 is 5.11 Å². The van der Waals surface area contributed by atoms with E-state index >= 15 is 0 Å². The van der Waals surface area contributed by atoms with Crippen molar-refractivity contribution in [3.05, 3.63) is 11.6 Å². The number of hydrogen-bond donors (Lipinski definition) is 1. The smallest absolute Gasteiger partial charge is 0.179 e. The fourth-order valence-corrected chi connectivity index (χ4v) is 8.15. The summed E-state index contributed by atoms with van der Waals surface area (Å²) in [5, 5.41) is 48.1. The molecule has 0 aromatic rings. The zero-order valence-corrected chi connectivity index (χ0v) is 19.5. The van der Waals surface area contributed by atoms with Gasteiger partial charge in [0.25, 0.3) is 0 Å². The van der Waals surface area contributed by atoms with Crippen molar-refractivity contribution in [3.8, 4) is 24.3 Å². The van der Waals surface area contributed by atoms with E-state index in [9.17, 15) is 30.9 Å². The molecule has 0 aromatic carbocycles. The summed E-state index contributed by atoms with van der Waals surface area (Å²) < 4.78 is 0. The van der Waals surface area contributed by atoms with Crippen LogP contribution < -0.4 is 0 Å². The number of fused-ring (bicyclic) bond motifs is 5. The highest BCUT2D eigenvalue weighted by atomic mass is 16.3. The van der Waals surface area contributed by atoms with E-state index in [0.717, 1.165) is 51.4 Å². The van der Waals surface area contributed by atoms with Crippen molar-refractivity contribution in [2.45, 2.75) is 77.7 Å². The third-order valence-corrected chi connectivity index (χ3v) is 10.1. The molecule has 0 aromatic heterocycles. The highest BCUT2D eigenvalue weighted by molar-refractivity contribution is 5.84. The maximum atomic E-state index is 13.5. The standard InChI is InChI=1S/C27H32N4O2/c1-25-9-7-19(32)11-17(25)3-4-20-21-5-6-23(26(21,2)10-8-22(20)25)24(33)12-27(15-30,16-31)18(13-28)14-29/h3,18-23,32H,4-12H2,1-2H3/t19-,20-,21+,22-,23-,25+,26+/m1/s1. The van der Waals surface area contributed by atoms with Crippen molar-refractivity contribution in [1.82, 2.24) is 0 Å². The molecule has 6 heteroatoms. The summed E-state index contributed by atoms with van der Waals surface area (Å²) in [7, 11) is 0. The van der Waals surface area contributed by atoms with Crippen LogP contribution in [-0.4, -0.2) is 17.0 Å². The Kier molecular flexibility index (Phi) is 5.89. The van der Waals surface area contributed by atoms with E-state index < -0.39 is 11.3 Å². The second-order valence-corrected chi connectivity index (χ2v) is 11.4. The minimum Gasteiger partial charge on any atom is -0.393 e. The predicted molar refractivity (Wildman–Crippen MR) is 119 cm³/mol. The second kappa shape index (κ2) is 8.28. The second-order valence-electron chi connectivity index (χ2n) is 11.4. The van der Waals surface area contributed by atoms with E-state index in [1.807, 2.05) is 12.1 Å². The van der Waals surface area contributed by atoms with Gasteiger partial charge >= 0.3 is 0 Å². The Morgan fingerprint density at radius 2 is 1.79 bits per heavy atom. The van der Waals surface area contributed by atoms with Gasteiger partial charge in [-0.15, -0.1) is 0 Å². The molecule has 1 N–H and O–H groups in total. The van der Waals surface area contributed by atoms with Gasteiger partial charge in [-0.05, 0) is 80.0 Å². The lowest BCUT2D eigenvalue weighted by atomic mass is 9.47. The summed E-state index contributed by atoms with van der Waals surface area (Å²) in [6.07, 6.45) is 9.12. The Morgan fingerprint density at radius 3 is 2.42 bits per heavy atom. The Hall–Kier alpha value is -2.67. The van der Waals surface area contributed by atoms with Crippen LogP contribution in [-0.2, 0) is 4.79 Å². The van der Waals surface area contributed by atoms with E-state index in [4.69, 9.17) is 0 Å². The fourth-order valence-electron chi connectivity index (χ4n) is 8.15. The molecule has 172 valence electrons. The molecule has 0 heterocycles. The van der Waals surface area contributed by atoms with E-state index in [1.165, 1.54) is 5.57 Å². The maximum Gasteiger partial charge on any atom is 0.179 e. The molecule has 33 heavy (non-hydrogen) atoms. The number of nitrogens with zero attached hydrogens (tertiary/aromatic N) is 4. The lowest BCUT2D eigenvalue weighted by Crippen LogP contribution is -2.51. The van der Waals surface area contributed by atoms with Gasteiger partial charge in [0.2, 0.25) is 0 Å². The Balaban J connectivity index is 1.58.